The van der Waals surface area contributed by atoms with Gasteiger partial charge in [0.2, 0.25) is 0 Å². The standard InChI is InChI=1S/C8H15NO2/c1-11-6-8(10)4-7-2-3-9-5-7/h7,9H,2-6H2,1H3. The van der Waals surface area contributed by atoms with Crippen LogP contribution in [0.4, 0.5) is 0 Å². The topological polar surface area (TPSA) is 38.3 Å². The molecule has 1 fully saturated rings. The third-order valence-corrected chi connectivity index (χ3v) is 1.98. The van der Waals surface area contributed by atoms with Gasteiger partial charge in [-0.05, 0) is 25.4 Å². The quantitative estimate of drug-likeness (QED) is 0.633. The Morgan fingerprint density at radius 1 is 1.73 bits per heavy atom. The number of methoxy groups -OCH3 is 1. The Balaban J connectivity index is 2.13. The fourth-order valence-electron chi connectivity index (χ4n) is 1.43. The molecule has 3 nitrogen and oxygen atoms in total. The second-order valence-electron chi connectivity index (χ2n) is 3.03. The first-order chi connectivity index (χ1) is 5.33. The molecule has 1 atom stereocenters. The number of nitrogens with one attached hydrogen (secondary N) is 1. The van der Waals surface area contributed by atoms with Gasteiger partial charge < -0.3 is 10.1 Å². The van der Waals surface area contributed by atoms with E-state index in [0.717, 1.165) is 19.5 Å². The predicted octanol–water partition coefficient (Wildman–Crippen LogP) is 0.202. The molecular weight excluding hydrogens is 142 g/mol. The first kappa shape index (κ1) is 8.68. The molecule has 0 aromatic carbocycles. The van der Waals surface area contributed by atoms with Crippen molar-refractivity contribution in [3.8, 4) is 0 Å². The van der Waals surface area contributed by atoms with Crippen LogP contribution in [-0.4, -0.2) is 32.6 Å². The van der Waals surface area contributed by atoms with Crippen molar-refractivity contribution in [3.05, 3.63) is 0 Å². The van der Waals surface area contributed by atoms with Gasteiger partial charge in [0, 0.05) is 13.5 Å². The number of hydrogen-bond donors (Lipinski definition) is 1. The summed E-state index contributed by atoms with van der Waals surface area (Å²) in [5.41, 5.74) is 0. The summed E-state index contributed by atoms with van der Waals surface area (Å²) in [4.78, 5) is 11.0. The van der Waals surface area contributed by atoms with Gasteiger partial charge in [-0.25, -0.2) is 0 Å². The molecule has 1 saturated heterocycles. The smallest absolute Gasteiger partial charge is 0.158 e. The van der Waals surface area contributed by atoms with Gasteiger partial charge in [0.15, 0.2) is 5.78 Å². The second kappa shape index (κ2) is 4.46. The minimum absolute atomic E-state index is 0.223. The highest BCUT2D eigenvalue weighted by Crippen LogP contribution is 2.11. The number of hydrogen-bond acceptors (Lipinski definition) is 3. The summed E-state index contributed by atoms with van der Waals surface area (Å²) in [6.45, 7) is 2.33. The molecule has 3 heteroatoms. The maximum Gasteiger partial charge on any atom is 0.158 e. The molecule has 0 aliphatic carbocycles. The fraction of sp³-hybridized carbons (Fsp3) is 0.875. The average molecular weight is 157 g/mol. The monoisotopic (exact) mass is 157 g/mol. The third-order valence-electron chi connectivity index (χ3n) is 1.98. The molecule has 0 saturated carbocycles. The maximum absolute atomic E-state index is 11.0. The zero-order chi connectivity index (χ0) is 8.10. The molecule has 1 rings (SSSR count). The number of Topliss-reactive ketones (excluding diaryl/α,β-unsaturated/α-hetero) is 1. The highest BCUT2D eigenvalue weighted by molar-refractivity contribution is 5.79. The van der Waals surface area contributed by atoms with Crippen LogP contribution < -0.4 is 5.32 Å². The van der Waals surface area contributed by atoms with Gasteiger partial charge in [-0.1, -0.05) is 0 Å². The number of carbonyl (C=O) groups excluding carboxylic acids is 1. The van der Waals surface area contributed by atoms with Crippen LogP contribution in [0.15, 0.2) is 0 Å². The van der Waals surface area contributed by atoms with Crippen molar-refractivity contribution in [3.63, 3.8) is 0 Å². The number of rotatable bonds is 4. The van der Waals surface area contributed by atoms with Gasteiger partial charge in [-0.15, -0.1) is 0 Å². The second-order valence-corrected chi connectivity index (χ2v) is 3.03. The average Bonchev–Trinajstić information content (AvgIpc) is 2.40. The molecule has 1 unspecified atom stereocenters. The van der Waals surface area contributed by atoms with Crippen molar-refractivity contribution in [2.75, 3.05) is 26.8 Å². The van der Waals surface area contributed by atoms with Crippen LogP contribution >= 0.6 is 0 Å². The van der Waals surface area contributed by atoms with E-state index >= 15 is 0 Å². The lowest BCUT2D eigenvalue weighted by Gasteiger charge is -2.05. The van der Waals surface area contributed by atoms with Crippen LogP contribution in [0.1, 0.15) is 12.8 Å². The Kier molecular flexibility index (Phi) is 3.52. The van der Waals surface area contributed by atoms with Gasteiger partial charge in [0.05, 0.1) is 0 Å². The summed E-state index contributed by atoms with van der Waals surface area (Å²) in [7, 11) is 1.56. The highest BCUT2D eigenvalue weighted by Gasteiger charge is 2.17. The van der Waals surface area contributed by atoms with Crippen molar-refractivity contribution in [1.82, 2.24) is 5.32 Å². The molecule has 0 spiro atoms. The van der Waals surface area contributed by atoms with E-state index in [9.17, 15) is 4.79 Å². The lowest BCUT2D eigenvalue weighted by Crippen LogP contribution is -2.15. The molecule has 1 aliphatic heterocycles. The zero-order valence-corrected chi connectivity index (χ0v) is 6.93. The Hall–Kier alpha value is -0.410. The van der Waals surface area contributed by atoms with Crippen molar-refractivity contribution < 1.29 is 9.53 Å². The maximum atomic E-state index is 11.0. The van der Waals surface area contributed by atoms with Crippen molar-refractivity contribution >= 4 is 5.78 Å². The first-order valence-corrected chi connectivity index (χ1v) is 4.04. The molecule has 1 heterocycles. The van der Waals surface area contributed by atoms with E-state index < -0.39 is 0 Å². The summed E-state index contributed by atoms with van der Waals surface area (Å²) in [6, 6.07) is 0. The molecule has 0 amide bonds. The SMILES string of the molecule is COCC(=O)CC1CCNC1. The third kappa shape index (κ3) is 2.99. The molecule has 64 valence electrons. The van der Waals surface area contributed by atoms with Crippen molar-refractivity contribution in [1.29, 1.82) is 0 Å². The molecule has 0 aromatic rings. The van der Waals surface area contributed by atoms with Gasteiger partial charge in [-0.2, -0.15) is 0 Å². The fourth-order valence-corrected chi connectivity index (χ4v) is 1.43. The van der Waals surface area contributed by atoms with E-state index in [2.05, 4.69) is 5.32 Å². The highest BCUT2D eigenvalue weighted by atomic mass is 16.5. The van der Waals surface area contributed by atoms with Gasteiger partial charge in [-0.3, -0.25) is 4.79 Å². The molecule has 1 N–H and O–H groups in total. The Morgan fingerprint density at radius 3 is 3.09 bits per heavy atom. The van der Waals surface area contributed by atoms with Crippen LogP contribution in [0.25, 0.3) is 0 Å². The van der Waals surface area contributed by atoms with Crippen LogP contribution in [0.5, 0.6) is 0 Å². The van der Waals surface area contributed by atoms with Crippen LogP contribution in [-0.2, 0) is 9.53 Å². The van der Waals surface area contributed by atoms with Gasteiger partial charge >= 0.3 is 0 Å². The van der Waals surface area contributed by atoms with Crippen molar-refractivity contribution in [2.45, 2.75) is 12.8 Å². The summed E-state index contributed by atoms with van der Waals surface area (Å²) in [6.07, 6.45) is 1.82. The lowest BCUT2D eigenvalue weighted by molar-refractivity contribution is -0.123. The molecular formula is C8H15NO2. The van der Waals surface area contributed by atoms with Crippen LogP contribution in [0.3, 0.4) is 0 Å². The normalized spacial score (nSPS) is 23.9. The minimum Gasteiger partial charge on any atom is -0.377 e. The number of ketones is 1. The minimum atomic E-state index is 0.223. The largest absolute Gasteiger partial charge is 0.377 e. The van der Waals surface area contributed by atoms with Gasteiger partial charge in [0.1, 0.15) is 6.61 Å². The number of carbonyl (C=O) groups is 1. The van der Waals surface area contributed by atoms with E-state index in [4.69, 9.17) is 4.74 Å². The van der Waals surface area contributed by atoms with Gasteiger partial charge in [0.25, 0.3) is 0 Å². The van der Waals surface area contributed by atoms with E-state index in [0.29, 0.717) is 12.3 Å². The number of ether oxygens (including phenoxy) is 1. The zero-order valence-electron chi connectivity index (χ0n) is 6.93. The Bertz CT molecular complexity index is 130. The van der Waals surface area contributed by atoms with Crippen molar-refractivity contribution in [2.24, 2.45) is 5.92 Å². The van der Waals surface area contributed by atoms with E-state index in [-0.39, 0.29) is 12.4 Å². The van der Waals surface area contributed by atoms with E-state index in [1.165, 1.54) is 0 Å². The van der Waals surface area contributed by atoms with E-state index in [1.54, 1.807) is 7.11 Å². The lowest BCUT2D eigenvalue weighted by atomic mass is 10.0. The summed E-state index contributed by atoms with van der Waals surface area (Å²) < 4.78 is 4.74. The van der Waals surface area contributed by atoms with Crippen LogP contribution in [0, 0.1) is 5.92 Å². The molecule has 11 heavy (non-hydrogen) atoms. The molecule has 0 radical (unpaired) electrons. The molecule has 1 aliphatic rings. The van der Waals surface area contributed by atoms with Crippen LogP contribution in [0.2, 0.25) is 0 Å². The molecule has 0 bridgehead atoms. The first-order valence-electron chi connectivity index (χ1n) is 4.04. The summed E-state index contributed by atoms with van der Waals surface area (Å²) in [5.74, 6) is 0.777. The van der Waals surface area contributed by atoms with E-state index in [1.807, 2.05) is 0 Å². The molecule has 0 aromatic heterocycles. The Morgan fingerprint density at radius 2 is 2.55 bits per heavy atom. The predicted molar refractivity (Wildman–Crippen MR) is 42.5 cm³/mol. The summed E-state index contributed by atoms with van der Waals surface area (Å²) >= 11 is 0. The summed E-state index contributed by atoms with van der Waals surface area (Å²) in [5, 5.41) is 3.23. The Labute approximate surface area is 67.1 Å².